The molecule has 1 aromatic carbocycles. The van der Waals surface area contributed by atoms with Gasteiger partial charge in [0.05, 0.1) is 24.3 Å². The molecule has 0 saturated heterocycles. The van der Waals surface area contributed by atoms with Gasteiger partial charge >= 0.3 is 5.69 Å². The first-order valence-electron chi connectivity index (χ1n) is 8.50. The average Bonchev–Trinajstić information content (AvgIpc) is 2.95. The van der Waals surface area contributed by atoms with Crippen LogP contribution in [-0.4, -0.2) is 14.7 Å². The van der Waals surface area contributed by atoms with Crippen LogP contribution in [0, 0.1) is 0 Å². The van der Waals surface area contributed by atoms with Crippen LogP contribution in [0.25, 0.3) is 10.2 Å². The zero-order chi connectivity index (χ0) is 19.5. The number of halogens is 2. The summed E-state index contributed by atoms with van der Waals surface area (Å²) in [6, 6.07) is 5.19. The first kappa shape index (κ1) is 18.7. The predicted molar refractivity (Wildman–Crippen MR) is 109 cm³/mol. The molecule has 8 heteroatoms. The smallest absolute Gasteiger partial charge is 0.331 e. The maximum absolute atomic E-state index is 12.9. The van der Waals surface area contributed by atoms with Gasteiger partial charge in [-0.05, 0) is 31.5 Å². The fourth-order valence-electron chi connectivity index (χ4n) is 3.41. The topological polar surface area (TPSA) is 53.2 Å². The zero-order valence-electron chi connectivity index (χ0n) is 15.1. The molecular weight excluding hydrogens is 407 g/mol. The van der Waals surface area contributed by atoms with Crippen LogP contribution in [0.3, 0.4) is 0 Å². The molecule has 2 aromatic heterocycles. The predicted octanol–water partition coefficient (Wildman–Crippen LogP) is 3.97. The van der Waals surface area contributed by atoms with E-state index >= 15 is 0 Å². The number of nitrogens with zero attached hydrogens (tertiary/aromatic N) is 2. The minimum absolute atomic E-state index is 0.256. The summed E-state index contributed by atoms with van der Waals surface area (Å²) in [7, 11) is 1.50. The zero-order valence-corrected chi connectivity index (χ0v) is 17.5. The van der Waals surface area contributed by atoms with E-state index in [1.165, 1.54) is 18.4 Å². The Hall–Kier alpha value is -1.60. The number of benzene rings is 1. The number of rotatable bonds is 2. The highest BCUT2D eigenvalue weighted by molar-refractivity contribution is 7.19. The number of hydrogen-bond donors (Lipinski definition) is 0. The summed E-state index contributed by atoms with van der Waals surface area (Å²) in [6.45, 7) is 4.69. The normalized spacial score (nSPS) is 15.9. The summed E-state index contributed by atoms with van der Waals surface area (Å²) in [5.41, 5.74) is 1.41. The van der Waals surface area contributed by atoms with Crippen LogP contribution in [0.5, 0.6) is 0 Å². The Morgan fingerprint density at radius 3 is 2.70 bits per heavy atom. The Bertz CT molecular complexity index is 1190. The molecule has 0 spiro atoms. The third-order valence-electron chi connectivity index (χ3n) is 4.89. The Kier molecular flexibility index (Phi) is 4.50. The molecule has 5 nitrogen and oxygen atoms in total. The fourth-order valence-corrected chi connectivity index (χ4v) is 5.38. The summed E-state index contributed by atoms with van der Waals surface area (Å²) in [5.74, 6) is 0. The molecule has 0 aliphatic carbocycles. The monoisotopic (exact) mass is 424 g/mol. The SMILES string of the molecule is Cn1c(=O)c2sc3c(c2n(Cc2ccc(Cl)cc2Cl)c1=O)COC(C)(C)C3. The highest BCUT2D eigenvalue weighted by Gasteiger charge is 2.31. The molecule has 0 N–H and O–H groups in total. The molecule has 0 saturated carbocycles. The third kappa shape index (κ3) is 3.14. The minimum atomic E-state index is -0.371. The molecule has 0 unspecified atom stereocenters. The molecular formula is C19H18Cl2N2O3S. The van der Waals surface area contributed by atoms with E-state index in [1.54, 1.807) is 22.8 Å². The number of ether oxygens (including phenoxy) is 1. The summed E-state index contributed by atoms with van der Waals surface area (Å²) >= 11 is 13.8. The molecule has 3 aromatic rings. The van der Waals surface area contributed by atoms with E-state index in [0.29, 0.717) is 33.3 Å². The molecule has 1 aliphatic rings. The van der Waals surface area contributed by atoms with Crippen LogP contribution in [0.2, 0.25) is 10.0 Å². The lowest BCUT2D eigenvalue weighted by molar-refractivity contribution is -0.0384. The van der Waals surface area contributed by atoms with Gasteiger partial charge in [0.2, 0.25) is 0 Å². The highest BCUT2D eigenvalue weighted by Crippen LogP contribution is 2.37. The fraction of sp³-hybridized carbons (Fsp3) is 0.368. The first-order valence-corrected chi connectivity index (χ1v) is 10.1. The molecule has 0 fully saturated rings. The van der Waals surface area contributed by atoms with Gasteiger partial charge in [0.1, 0.15) is 4.70 Å². The Morgan fingerprint density at radius 1 is 1.26 bits per heavy atom. The van der Waals surface area contributed by atoms with E-state index in [-0.39, 0.29) is 23.4 Å². The van der Waals surface area contributed by atoms with Crippen molar-refractivity contribution in [2.24, 2.45) is 7.05 Å². The first-order chi connectivity index (χ1) is 12.7. The lowest BCUT2D eigenvalue weighted by Crippen LogP contribution is -2.38. The standard InChI is InChI=1S/C19H18Cl2N2O3S/c1-19(2)7-14-12(9-26-19)15-16(27-14)17(24)22(3)18(25)23(15)8-10-4-5-11(20)6-13(10)21/h4-6H,7-9H2,1-3H3. The highest BCUT2D eigenvalue weighted by atomic mass is 35.5. The summed E-state index contributed by atoms with van der Waals surface area (Å²) in [4.78, 5) is 26.7. The number of hydrogen-bond acceptors (Lipinski definition) is 4. The summed E-state index contributed by atoms with van der Waals surface area (Å²) in [6.07, 6.45) is 0.709. The second kappa shape index (κ2) is 6.48. The number of thiophene rings is 1. The van der Waals surface area contributed by atoms with Crippen LogP contribution < -0.4 is 11.2 Å². The molecule has 3 heterocycles. The average molecular weight is 425 g/mol. The van der Waals surface area contributed by atoms with Crippen molar-refractivity contribution in [3.63, 3.8) is 0 Å². The quantitative estimate of drug-likeness (QED) is 0.625. The molecule has 0 bridgehead atoms. The maximum atomic E-state index is 12.9. The minimum Gasteiger partial charge on any atom is -0.370 e. The summed E-state index contributed by atoms with van der Waals surface area (Å²) < 4.78 is 9.30. The second-order valence-corrected chi connectivity index (χ2v) is 9.32. The molecule has 27 heavy (non-hydrogen) atoms. The Morgan fingerprint density at radius 2 is 2.00 bits per heavy atom. The Balaban J connectivity index is 1.98. The van der Waals surface area contributed by atoms with Crippen molar-refractivity contribution in [1.29, 1.82) is 0 Å². The van der Waals surface area contributed by atoms with Crippen molar-refractivity contribution in [2.45, 2.75) is 39.0 Å². The van der Waals surface area contributed by atoms with Gasteiger partial charge in [0.15, 0.2) is 0 Å². The molecule has 142 valence electrons. The van der Waals surface area contributed by atoms with Crippen LogP contribution in [0.1, 0.15) is 29.9 Å². The van der Waals surface area contributed by atoms with Crippen LogP contribution in [0.15, 0.2) is 27.8 Å². The van der Waals surface area contributed by atoms with Crippen molar-refractivity contribution in [2.75, 3.05) is 0 Å². The van der Waals surface area contributed by atoms with E-state index < -0.39 is 0 Å². The van der Waals surface area contributed by atoms with Crippen molar-refractivity contribution >= 4 is 44.8 Å². The molecule has 0 atom stereocenters. The lowest BCUT2D eigenvalue weighted by atomic mass is 9.98. The van der Waals surface area contributed by atoms with Gasteiger partial charge in [-0.3, -0.25) is 13.9 Å². The largest absolute Gasteiger partial charge is 0.370 e. The van der Waals surface area contributed by atoms with Crippen LogP contribution in [-0.2, 0) is 31.4 Å². The molecule has 0 radical (unpaired) electrons. The van der Waals surface area contributed by atoms with E-state index in [1.807, 2.05) is 13.8 Å². The van der Waals surface area contributed by atoms with Gasteiger partial charge in [-0.15, -0.1) is 11.3 Å². The van der Waals surface area contributed by atoms with E-state index in [4.69, 9.17) is 27.9 Å². The van der Waals surface area contributed by atoms with Gasteiger partial charge < -0.3 is 4.74 Å². The van der Waals surface area contributed by atoms with Gasteiger partial charge in [-0.25, -0.2) is 4.79 Å². The van der Waals surface area contributed by atoms with E-state index in [9.17, 15) is 9.59 Å². The van der Waals surface area contributed by atoms with Crippen molar-refractivity contribution in [3.8, 4) is 0 Å². The van der Waals surface area contributed by atoms with Crippen LogP contribution >= 0.6 is 34.5 Å². The third-order valence-corrected chi connectivity index (χ3v) is 6.68. The van der Waals surface area contributed by atoms with Gasteiger partial charge in [-0.1, -0.05) is 29.3 Å². The van der Waals surface area contributed by atoms with Crippen molar-refractivity contribution < 1.29 is 4.74 Å². The molecule has 0 amide bonds. The number of fused-ring (bicyclic) bond motifs is 3. The number of aromatic nitrogens is 2. The van der Waals surface area contributed by atoms with E-state index in [2.05, 4.69) is 0 Å². The van der Waals surface area contributed by atoms with Gasteiger partial charge in [-0.2, -0.15) is 0 Å². The van der Waals surface area contributed by atoms with Crippen LogP contribution in [0.4, 0.5) is 0 Å². The molecule has 4 rings (SSSR count). The van der Waals surface area contributed by atoms with E-state index in [0.717, 1.165) is 20.6 Å². The maximum Gasteiger partial charge on any atom is 0.331 e. The second-order valence-electron chi connectivity index (χ2n) is 7.38. The van der Waals surface area contributed by atoms with Crippen molar-refractivity contribution in [1.82, 2.24) is 9.13 Å². The van der Waals surface area contributed by atoms with Gasteiger partial charge in [0.25, 0.3) is 5.56 Å². The summed E-state index contributed by atoms with van der Waals surface area (Å²) in [5, 5.41) is 1.02. The molecule has 1 aliphatic heterocycles. The Labute approximate surface area is 169 Å². The lowest BCUT2D eigenvalue weighted by Gasteiger charge is -2.30. The van der Waals surface area contributed by atoms with Crippen molar-refractivity contribution in [3.05, 3.63) is 65.1 Å². The van der Waals surface area contributed by atoms with Gasteiger partial charge in [0, 0.05) is 34.0 Å².